The van der Waals surface area contributed by atoms with Gasteiger partial charge in [-0.1, -0.05) is 53.2 Å². The molecular weight excluding hydrogens is 274 g/mol. The fraction of sp³-hybridized carbons (Fsp3) is 0.467. The van der Waals surface area contributed by atoms with E-state index in [1.165, 1.54) is 17.5 Å². The molecule has 1 unspecified atom stereocenters. The Bertz CT molecular complexity index is 456. The Kier molecular flexibility index (Phi) is 2.68. The maximum atomic E-state index is 4.05. The van der Waals surface area contributed by atoms with E-state index in [-0.39, 0.29) is 4.32 Å². The van der Waals surface area contributed by atoms with Crippen LogP contribution in [0.1, 0.15) is 36.9 Å². The van der Waals surface area contributed by atoms with Crippen molar-refractivity contribution in [2.45, 2.75) is 36.2 Å². The second kappa shape index (κ2) is 3.96. The molecule has 1 N–H and O–H groups in total. The van der Waals surface area contributed by atoms with E-state index in [1.807, 2.05) is 6.08 Å². The van der Waals surface area contributed by atoms with Gasteiger partial charge in [0.25, 0.3) is 0 Å². The Balaban J connectivity index is 2.15. The summed E-state index contributed by atoms with van der Waals surface area (Å²) in [5.41, 5.74) is 2.96. The number of hydrogen-bond acceptors (Lipinski definition) is 1. The lowest BCUT2D eigenvalue weighted by Gasteiger charge is -2.54. The SMILES string of the molecule is C=CC[C@@H]1N[C@H]2CC(C)[C@]1(Br)c1ccccc12. The zero-order valence-electron chi connectivity index (χ0n) is 10.1. The van der Waals surface area contributed by atoms with Crippen LogP contribution < -0.4 is 5.32 Å². The third-order valence-corrected chi connectivity index (χ3v) is 6.13. The molecule has 0 saturated carbocycles. The lowest BCUT2D eigenvalue weighted by molar-refractivity contribution is 0.171. The van der Waals surface area contributed by atoms with Crippen molar-refractivity contribution in [2.24, 2.45) is 5.92 Å². The van der Waals surface area contributed by atoms with Gasteiger partial charge in [-0.05, 0) is 29.9 Å². The van der Waals surface area contributed by atoms with Crippen molar-refractivity contribution < 1.29 is 0 Å². The first-order chi connectivity index (χ1) is 8.17. The van der Waals surface area contributed by atoms with Crippen LogP contribution in [-0.4, -0.2) is 6.04 Å². The van der Waals surface area contributed by atoms with E-state index in [1.54, 1.807) is 0 Å². The van der Waals surface area contributed by atoms with Crippen molar-refractivity contribution in [2.75, 3.05) is 0 Å². The molecule has 1 aromatic rings. The van der Waals surface area contributed by atoms with Crippen molar-refractivity contribution in [3.05, 3.63) is 48.0 Å². The Morgan fingerprint density at radius 1 is 1.53 bits per heavy atom. The van der Waals surface area contributed by atoms with Crippen LogP contribution >= 0.6 is 15.9 Å². The highest BCUT2D eigenvalue weighted by molar-refractivity contribution is 9.09. The minimum atomic E-state index is 0.0759. The highest BCUT2D eigenvalue weighted by Crippen LogP contribution is 2.56. The monoisotopic (exact) mass is 291 g/mol. The molecule has 0 radical (unpaired) electrons. The van der Waals surface area contributed by atoms with E-state index in [4.69, 9.17) is 0 Å². The molecule has 4 rings (SSSR count). The van der Waals surface area contributed by atoms with Gasteiger partial charge in [-0.3, -0.25) is 0 Å². The van der Waals surface area contributed by atoms with Gasteiger partial charge in [0, 0.05) is 12.1 Å². The van der Waals surface area contributed by atoms with Crippen LogP contribution in [0.5, 0.6) is 0 Å². The molecule has 0 spiro atoms. The fourth-order valence-corrected chi connectivity index (χ4v) is 4.39. The van der Waals surface area contributed by atoms with Crippen LogP contribution in [0.4, 0.5) is 0 Å². The van der Waals surface area contributed by atoms with E-state index in [0.29, 0.717) is 18.0 Å². The first kappa shape index (κ1) is 11.5. The Morgan fingerprint density at radius 2 is 2.29 bits per heavy atom. The van der Waals surface area contributed by atoms with Crippen LogP contribution in [0, 0.1) is 5.92 Å². The molecule has 1 aliphatic carbocycles. The maximum Gasteiger partial charge on any atom is 0.0691 e. The zero-order chi connectivity index (χ0) is 12.0. The topological polar surface area (TPSA) is 12.0 Å². The van der Waals surface area contributed by atoms with E-state index < -0.39 is 0 Å². The maximum absolute atomic E-state index is 4.05. The molecule has 0 aromatic heterocycles. The average molecular weight is 292 g/mol. The normalized spacial score (nSPS) is 38.8. The van der Waals surface area contributed by atoms with Gasteiger partial charge in [0.05, 0.1) is 4.32 Å². The summed E-state index contributed by atoms with van der Waals surface area (Å²) in [6.45, 7) is 6.25. The lowest BCUT2D eigenvalue weighted by Crippen LogP contribution is -2.58. The van der Waals surface area contributed by atoms with Crippen LogP contribution in [0.2, 0.25) is 0 Å². The van der Waals surface area contributed by atoms with Crippen molar-refractivity contribution in [1.29, 1.82) is 0 Å². The molecule has 2 heteroatoms. The van der Waals surface area contributed by atoms with Crippen molar-refractivity contribution >= 4 is 15.9 Å². The molecule has 1 fully saturated rings. The van der Waals surface area contributed by atoms with Crippen LogP contribution in [-0.2, 0) is 4.32 Å². The lowest BCUT2D eigenvalue weighted by atomic mass is 9.65. The molecule has 17 heavy (non-hydrogen) atoms. The molecule has 1 nitrogen and oxygen atoms in total. The first-order valence-corrected chi connectivity index (χ1v) is 7.12. The molecule has 1 aromatic carbocycles. The van der Waals surface area contributed by atoms with Crippen LogP contribution in [0.15, 0.2) is 36.9 Å². The Hall–Kier alpha value is -0.600. The number of fused-ring (bicyclic) bond motifs is 2. The molecule has 3 aliphatic rings. The smallest absolute Gasteiger partial charge is 0.0691 e. The van der Waals surface area contributed by atoms with Gasteiger partial charge < -0.3 is 5.32 Å². The average Bonchev–Trinajstić information content (AvgIpc) is 2.34. The quantitative estimate of drug-likeness (QED) is 0.644. The van der Waals surface area contributed by atoms with E-state index >= 15 is 0 Å². The molecule has 90 valence electrons. The Labute approximate surface area is 111 Å². The molecule has 4 atom stereocenters. The number of nitrogens with one attached hydrogen (secondary N) is 1. The summed E-state index contributed by atoms with van der Waals surface area (Å²) in [7, 11) is 0. The Morgan fingerprint density at radius 3 is 3.06 bits per heavy atom. The van der Waals surface area contributed by atoms with Gasteiger partial charge in [0.15, 0.2) is 0 Å². The summed E-state index contributed by atoms with van der Waals surface area (Å²) in [5.74, 6) is 0.661. The number of piperidine rings is 1. The predicted octanol–water partition coefficient (Wildman–Crippen LogP) is 3.91. The standard InChI is InChI=1S/C15H18BrN/c1-3-6-14-15(16)10(2)9-13(17-14)11-7-4-5-8-12(11)15/h3-5,7-8,10,13-14,17H,1,6,9H2,2H3/t10?,13-,14-,15-/m0/s1. The van der Waals surface area contributed by atoms with Crippen molar-refractivity contribution in [3.8, 4) is 0 Å². The molecular formula is C15H18BrN. The number of benzene rings is 1. The molecule has 2 aliphatic heterocycles. The predicted molar refractivity (Wildman–Crippen MR) is 75.3 cm³/mol. The largest absolute Gasteiger partial charge is 0.305 e. The second-order valence-corrected chi connectivity index (χ2v) is 6.60. The summed E-state index contributed by atoms with van der Waals surface area (Å²) in [6.07, 6.45) is 4.26. The third-order valence-electron chi connectivity index (χ3n) is 4.37. The van der Waals surface area contributed by atoms with Crippen molar-refractivity contribution in [3.63, 3.8) is 0 Å². The summed E-state index contributed by atoms with van der Waals surface area (Å²) in [6, 6.07) is 9.82. The van der Waals surface area contributed by atoms with E-state index in [0.717, 1.165) is 6.42 Å². The van der Waals surface area contributed by atoms with Gasteiger partial charge >= 0.3 is 0 Å². The molecule has 0 amide bonds. The highest BCUT2D eigenvalue weighted by Gasteiger charge is 2.52. The number of hydrogen-bond donors (Lipinski definition) is 1. The number of halogens is 1. The minimum absolute atomic E-state index is 0.0759. The van der Waals surface area contributed by atoms with Gasteiger partial charge in [-0.25, -0.2) is 0 Å². The van der Waals surface area contributed by atoms with Crippen molar-refractivity contribution in [1.82, 2.24) is 5.32 Å². The first-order valence-electron chi connectivity index (χ1n) is 6.33. The van der Waals surface area contributed by atoms with Gasteiger partial charge in [-0.2, -0.15) is 0 Å². The molecule has 1 saturated heterocycles. The van der Waals surface area contributed by atoms with Gasteiger partial charge in [0.2, 0.25) is 0 Å². The molecule has 2 heterocycles. The minimum Gasteiger partial charge on any atom is -0.305 e. The third kappa shape index (κ3) is 1.47. The molecule has 2 bridgehead atoms. The van der Waals surface area contributed by atoms with Crippen LogP contribution in [0.25, 0.3) is 0 Å². The summed E-state index contributed by atoms with van der Waals surface area (Å²) >= 11 is 4.05. The summed E-state index contributed by atoms with van der Waals surface area (Å²) in [5, 5.41) is 3.76. The number of alkyl halides is 1. The zero-order valence-corrected chi connectivity index (χ0v) is 11.7. The summed E-state index contributed by atoms with van der Waals surface area (Å²) < 4.78 is 0.0759. The van der Waals surface area contributed by atoms with Gasteiger partial charge in [0.1, 0.15) is 0 Å². The van der Waals surface area contributed by atoms with E-state index in [2.05, 4.69) is 59.0 Å². The van der Waals surface area contributed by atoms with Crippen LogP contribution in [0.3, 0.4) is 0 Å². The van der Waals surface area contributed by atoms with E-state index in [9.17, 15) is 0 Å². The summed E-state index contributed by atoms with van der Waals surface area (Å²) in [4.78, 5) is 0. The van der Waals surface area contributed by atoms with Gasteiger partial charge in [-0.15, -0.1) is 6.58 Å². The highest BCUT2D eigenvalue weighted by atomic mass is 79.9. The fourth-order valence-electron chi connectivity index (χ4n) is 3.53. The second-order valence-electron chi connectivity index (χ2n) is 5.29. The number of rotatable bonds is 2.